The number of amides is 1. The number of aliphatic hydroxyl groups is 1. The summed E-state index contributed by atoms with van der Waals surface area (Å²) in [5.41, 5.74) is 0.652. The van der Waals surface area contributed by atoms with Crippen LogP contribution in [0.4, 0.5) is 14.6 Å². The molecule has 0 spiro atoms. The molecule has 8 heteroatoms. The summed E-state index contributed by atoms with van der Waals surface area (Å²) in [7, 11) is 0. The van der Waals surface area contributed by atoms with Crippen molar-refractivity contribution in [2.45, 2.75) is 25.9 Å². The SMILES string of the molecule is C[C@@H]1CN(C(=O)C2CCN(c3nnccc3-c3ccc(F)cc3F)C2)C[C@H](C)C1(O)c1ccccc1. The molecule has 2 fully saturated rings. The number of hydrogen-bond donors (Lipinski definition) is 1. The Morgan fingerprint density at radius 1 is 1.00 bits per heavy atom. The lowest BCUT2D eigenvalue weighted by atomic mass is 9.70. The number of likely N-dealkylation sites (tertiary alicyclic amines) is 1. The fourth-order valence-electron chi connectivity index (χ4n) is 5.84. The molecule has 36 heavy (non-hydrogen) atoms. The maximum atomic E-state index is 14.5. The van der Waals surface area contributed by atoms with Crippen molar-refractivity contribution in [2.24, 2.45) is 17.8 Å². The molecule has 3 heterocycles. The zero-order valence-corrected chi connectivity index (χ0v) is 20.4. The van der Waals surface area contributed by atoms with Gasteiger partial charge in [-0.05, 0) is 30.2 Å². The van der Waals surface area contributed by atoms with Crippen LogP contribution in [0.2, 0.25) is 0 Å². The summed E-state index contributed by atoms with van der Waals surface area (Å²) >= 11 is 0. The van der Waals surface area contributed by atoms with Gasteiger partial charge in [0.2, 0.25) is 5.91 Å². The van der Waals surface area contributed by atoms with Gasteiger partial charge in [0.25, 0.3) is 0 Å². The topological polar surface area (TPSA) is 69.6 Å². The Morgan fingerprint density at radius 2 is 1.72 bits per heavy atom. The highest BCUT2D eigenvalue weighted by Gasteiger charge is 2.47. The molecular weight excluding hydrogens is 462 g/mol. The van der Waals surface area contributed by atoms with Gasteiger partial charge in [-0.25, -0.2) is 8.78 Å². The second kappa shape index (κ2) is 9.58. The second-order valence-corrected chi connectivity index (χ2v) is 10.1. The van der Waals surface area contributed by atoms with Crippen molar-refractivity contribution in [2.75, 3.05) is 31.1 Å². The third-order valence-electron chi connectivity index (χ3n) is 7.80. The van der Waals surface area contributed by atoms with E-state index in [-0.39, 0.29) is 29.2 Å². The van der Waals surface area contributed by atoms with E-state index in [9.17, 15) is 18.7 Å². The molecule has 188 valence electrons. The van der Waals surface area contributed by atoms with Crippen LogP contribution in [0.15, 0.2) is 60.8 Å². The van der Waals surface area contributed by atoms with E-state index in [4.69, 9.17) is 0 Å². The van der Waals surface area contributed by atoms with Crippen molar-refractivity contribution < 1.29 is 18.7 Å². The Labute approximate surface area is 209 Å². The molecule has 0 bridgehead atoms. The van der Waals surface area contributed by atoms with E-state index in [1.54, 1.807) is 6.07 Å². The molecule has 2 aliphatic heterocycles. The van der Waals surface area contributed by atoms with Crippen molar-refractivity contribution >= 4 is 11.7 Å². The molecule has 2 unspecified atom stereocenters. The third-order valence-corrected chi connectivity index (χ3v) is 7.80. The summed E-state index contributed by atoms with van der Waals surface area (Å²) in [4.78, 5) is 17.4. The van der Waals surface area contributed by atoms with Crippen molar-refractivity contribution in [1.82, 2.24) is 15.1 Å². The van der Waals surface area contributed by atoms with Crippen LogP contribution in [0.5, 0.6) is 0 Å². The van der Waals surface area contributed by atoms with Gasteiger partial charge in [-0.1, -0.05) is 44.2 Å². The van der Waals surface area contributed by atoms with E-state index in [0.29, 0.717) is 44.0 Å². The predicted octanol–water partition coefficient (Wildman–Crippen LogP) is 4.25. The Morgan fingerprint density at radius 3 is 2.42 bits per heavy atom. The first-order valence-corrected chi connectivity index (χ1v) is 12.4. The van der Waals surface area contributed by atoms with E-state index >= 15 is 0 Å². The average molecular weight is 493 g/mol. The van der Waals surface area contributed by atoms with Gasteiger partial charge in [-0.3, -0.25) is 4.79 Å². The smallest absolute Gasteiger partial charge is 0.227 e. The molecule has 3 aromatic rings. The Bertz CT molecular complexity index is 1240. The number of piperidine rings is 1. The normalized spacial score (nSPS) is 26.3. The van der Waals surface area contributed by atoms with E-state index in [2.05, 4.69) is 10.2 Å². The number of halogens is 2. The lowest BCUT2D eigenvalue weighted by Gasteiger charge is -2.48. The minimum Gasteiger partial charge on any atom is -0.384 e. The summed E-state index contributed by atoms with van der Waals surface area (Å²) in [6, 6.07) is 14.8. The molecule has 2 saturated heterocycles. The molecule has 5 rings (SSSR count). The van der Waals surface area contributed by atoms with Gasteiger partial charge in [0.15, 0.2) is 5.82 Å². The summed E-state index contributed by atoms with van der Waals surface area (Å²) in [5, 5.41) is 19.8. The van der Waals surface area contributed by atoms with Gasteiger partial charge in [0.05, 0.1) is 17.7 Å². The zero-order valence-electron chi connectivity index (χ0n) is 20.4. The highest BCUT2D eigenvalue weighted by atomic mass is 19.1. The summed E-state index contributed by atoms with van der Waals surface area (Å²) in [6.45, 7) is 5.96. The van der Waals surface area contributed by atoms with Crippen LogP contribution in [0, 0.1) is 29.4 Å². The van der Waals surface area contributed by atoms with E-state index in [1.165, 1.54) is 18.3 Å². The average Bonchev–Trinajstić information content (AvgIpc) is 3.37. The van der Waals surface area contributed by atoms with Gasteiger partial charge >= 0.3 is 0 Å². The van der Waals surface area contributed by atoms with Crippen molar-refractivity contribution in [3.63, 3.8) is 0 Å². The fraction of sp³-hybridized carbons (Fsp3) is 0.393. The maximum absolute atomic E-state index is 14.5. The number of rotatable bonds is 4. The molecule has 1 amide bonds. The molecule has 0 aliphatic carbocycles. The summed E-state index contributed by atoms with van der Waals surface area (Å²) < 4.78 is 28.0. The van der Waals surface area contributed by atoms with Gasteiger partial charge in [-0.15, -0.1) is 5.10 Å². The second-order valence-electron chi connectivity index (χ2n) is 10.1. The van der Waals surface area contributed by atoms with Crippen LogP contribution < -0.4 is 4.90 Å². The number of aromatic nitrogens is 2. The van der Waals surface area contributed by atoms with Crippen LogP contribution in [0.25, 0.3) is 11.1 Å². The highest BCUT2D eigenvalue weighted by Crippen LogP contribution is 2.42. The molecule has 2 aliphatic rings. The molecule has 2 aromatic carbocycles. The lowest BCUT2D eigenvalue weighted by molar-refractivity contribution is -0.152. The van der Waals surface area contributed by atoms with E-state index in [1.807, 2.05) is 54.0 Å². The highest BCUT2D eigenvalue weighted by molar-refractivity contribution is 5.82. The Balaban J connectivity index is 1.32. The first-order chi connectivity index (χ1) is 17.3. The standard InChI is InChI=1S/C28H30F2N4O2/c1-18-15-34(16-19(2)28(18,36)21-6-4-3-5-7-21)27(35)20-11-13-33(17-20)26-24(10-12-31-32-26)23-9-8-22(29)14-25(23)30/h3-10,12,14,18-20,36H,11,13,15-17H2,1-2H3/t18-,19+,20?,28?. The van der Waals surface area contributed by atoms with E-state index < -0.39 is 17.2 Å². The van der Waals surface area contributed by atoms with Crippen LogP contribution in [-0.2, 0) is 10.4 Å². The quantitative estimate of drug-likeness (QED) is 0.590. The number of carbonyl (C=O) groups is 1. The minimum atomic E-state index is -0.993. The van der Waals surface area contributed by atoms with Crippen molar-refractivity contribution in [1.29, 1.82) is 0 Å². The first kappa shape index (κ1) is 24.3. The van der Waals surface area contributed by atoms with Crippen LogP contribution in [0.3, 0.4) is 0 Å². The fourth-order valence-corrected chi connectivity index (χ4v) is 5.84. The van der Waals surface area contributed by atoms with Crippen molar-refractivity contribution in [3.05, 3.63) is 78.0 Å². The van der Waals surface area contributed by atoms with Crippen LogP contribution in [-0.4, -0.2) is 52.3 Å². The predicted molar refractivity (Wildman–Crippen MR) is 133 cm³/mol. The molecular formula is C28H30F2N4O2. The molecule has 1 aromatic heterocycles. The monoisotopic (exact) mass is 492 g/mol. The van der Waals surface area contributed by atoms with Crippen molar-refractivity contribution in [3.8, 4) is 11.1 Å². The molecule has 4 atom stereocenters. The summed E-state index contributed by atoms with van der Waals surface area (Å²) in [6.07, 6.45) is 2.12. The molecule has 0 radical (unpaired) electrons. The molecule has 0 saturated carbocycles. The van der Waals surface area contributed by atoms with Crippen LogP contribution in [0.1, 0.15) is 25.8 Å². The zero-order chi connectivity index (χ0) is 25.4. The first-order valence-electron chi connectivity index (χ1n) is 12.4. The molecule has 1 N–H and O–H groups in total. The summed E-state index contributed by atoms with van der Waals surface area (Å²) in [5.74, 6) is -1.26. The van der Waals surface area contributed by atoms with Gasteiger partial charge in [0.1, 0.15) is 11.6 Å². The van der Waals surface area contributed by atoms with Crippen LogP contribution >= 0.6 is 0 Å². The Hall–Kier alpha value is -3.39. The lowest BCUT2D eigenvalue weighted by Crippen LogP contribution is -2.56. The van der Waals surface area contributed by atoms with Gasteiger partial charge < -0.3 is 14.9 Å². The number of anilines is 1. The number of benzene rings is 2. The molecule has 6 nitrogen and oxygen atoms in total. The van der Waals surface area contributed by atoms with Gasteiger partial charge in [0, 0.05) is 55.2 Å². The third kappa shape index (κ3) is 4.23. The van der Waals surface area contributed by atoms with E-state index in [0.717, 1.165) is 11.6 Å². The Kier molecular flexibility index (Phi) is 6.47. The van der Waals surface area contributed by atoms with Gasteiger partial charge in [-0.2, -0.15) is 5.10 Å². The number of hydrogen-bond acceptors (Lipinski definition) is 5. The largest absolute Gasteiger partial charge is 0.384 e. The number of nitrogens with zero attached hydrogens (tertiary/aromatic N) is 4. The number of carbonyl (C=O) groups excluding carboxylic acids is 1. The maximum Gasteiger partial charge on any atom is 0.227 e. The minimum absolute atomic E-state index is 0.0599.